The van der Waals surface area contributed by atoms with E-state index in [1.54, 1.807) is 0 Å². The molecule has 0 N–H and O–H groups in total. The van der Waals surface area contributed by atoms with Crippen molar-refractivity contribution in [2.75, 3.05) is 0 Å². The Kier molecular flexibility index (Phi) is 7.05. The second-order valence-corrected chi connectivity index (χ2v) is 15.9. The van der Waals surface area contributed by atoms with Gasteiger partial charge in [-0.25, -0.2) is 0 Å². The zero-order valence-corrected chi connectivity index (χ0v) is 32.4. The highest BCUT2D eigenvalue weighted by Crippen LogP contribution is 2.49. The molecule has 0 unspecified atom stereocenters. The third-order valence-electron chi connectivity index (χ3n) is 12.6. The summed E-state index contributed by atoms with van der Waals surface area (Å²) >= 11 is 0. The lowest BCUT2D eigenvalue weighted by Gasteiger charge is -2.18. The monoisotopic (exact) mass is 762 g/mol. The third-order valence-corrected chi connectivity index (χ3v) is 12.6. The lowest BCUT2D eigenvalue weighted by Crippen LogP contribution is -1.91. The molecule has 278 valence electrons. The van der Waals surface area contributed by atoms with Crippen LogP contribution in [0.3, 0.4) is 0 Å². The van der Waals surface area contributed by atoms with Crippen molar-refractivity contribution in [2.24, 2.45) is 0 Å². The molecular formula is C58H34O2. The van der Waals surface area contributed by atoms with Crippen LogP contribution in [-0.4, -0.2) is 0 Å². The van der Waals surface area contributed by atoms with E-state index in [9.17, 15) is 0 Å². The molecular weight excluding hydrogens is 729 g/mol. The fraction of sp³-hybridized carbons (Fsp3) is 0. The Hall–Kier alpha value is -7.94. The van der Waals surface area contributed by atoms with E-state index < -0.39 is 0 Å². The van der Waals surface area contributed by atoms with Crippen LogP contribution in [0.15, 0.2) is 215 Å². The van der Waals surface area contributed by atoms with E-state index in [1.165, 1.54) is 70.9 Å². The Balaban J connectivity index is 1.04. The van der Waals surface area contributed by atoms with Gasteiger partial charge in [-0.15, -0.1) is 0 Å². The summed E-state index contributed by atoms with van der Waals surface area (Å²) in [5.41, 5.74) is 13.1. The van der Waals surface area contributed by atoms with E-state index in [4.69, 9.17) is 8.83 Å². The highest BCUT2D eigenvalue weighted by Gasteiger charge is 2.22. The molecule has 2 heterocycles. The van der Waals surface area contributed by atoms with Gasteiger partial charge in [0.1, 0.15) is 22.3 Å². The molecule has 0 saturated heterocycles. The number of benzene rings is 11. The summed E-state index contributed by atoms with van der Waals surface area (Å²) in [5.74, 6) is 0. The van der Waals surface area contributed by atoms with Gasteiger partial charge in [0.15, 0.2) is 0 Å². The Morgan fingerprint density at radius 3 is 1.25 bits per heavy atom. The first-order valence-corrected chi connectivity index (χ1v) is 20.6. The number of para-hydroxylation sites is 2. The Morgan fingerprint density at radius 1 is 0.217 bits per heavy atom. The standard InChI is InChI=1S/C58H34O2/c1-2-15-35(16-3-1)54-44-22-8-10-24-46(44)57(47-25-11-9-23-45(47)54)49-27-14-26-48-50-33-36(30-32-52(50)60-58(48)49)55-40-18-4-6-20-42(40)56(43-21-7-5-19-41(43)55)37-29-31-39-38-17-12-13-28-51(38)59-53(39)34-37/h1-34H. The Morgan fingerprint density at radius 2 is 0.650 bits per heavy atom. The highest BCUT2D eigenvalue weighted by atomic mass is 16.3. The fourth-order valence-corrected chi connectivity index (χ4v) is 10.1. The number of furan rings is 2. The maximum absolute atomic E-state index is 6.94. The van der Waals surface area contributed by atoms with E-state index in [1.807, 2.05) is 12.1 Å². The van der Waals surface area contributed by atoms with Crippen molar-refractivity contribution in [2.45, 2.75) is 0 Å². The van der Waals surface area contributed by atoms with Crippen molar-refractivity contribution in [1.29, 1.82) is 0 Å². The van der Waals surface area contributed by atoms with Gasteiger partial charge in [-0.05, 0) is 107 Å². The van der Waals surface area contributed by atoms with Crippen molar-refractivity contribution < 1.29 is 8.83 Å². The average molecular weight is 763 g/mol. The van der Waals surface area contributed by atoms with Crippen molar-refractivity contribution >= 4 is 87.0 Å². The third kappa shape index (κ3) is 4.76. The van der Waals surface area contributed by atoms with Crippen LogP contribution in [-0.2, 0) is 0 Å². The van der Waals surface area contributed by atoms with E-state index in [2.05, 4.69) is 194 Å². The fourth-order valence-electron chi connectivity index (χ4n) is 10.1. The molecule has 13 aromatic rings. The number of hydrogen-bond acceptors (Lipinski definition) is 2. The molecule has 11 aromatic carbocycles. The van der Waals surface area contributed by atoms with Crippen LogP contribution < -0.4 is 0 Å². The van der Waals surface area contributed by atoms with Crippen LogP contribution in [0.2, 0.25) is 0 Å². The summed E-state index contributed by atoms with van der Waals surface area (Å²) in [5, 5.41) is 14.2. The minimum Gasteiger partial charge on any atom is -0.456 e. The van der Waals surface area contributed by atoms with Gasteiger partial charge < -0.3 is 8.83 Å². The Labute approximate surface area is 345 Å². The summed E-state index contributed by atoms with van der Waals surface area (Å²) in [7, 11) is 0. The maximum Gasteiger partial charge on any atom is 0.143 e. The molecule has 0 aliphatic rings. The molecule has 60 heavy (non-hydrogen) atoms. The van der Waals surface area contributed by atoms with Gasteiger partial charge >= 0.3 is 0 Å². The molecule has 0 saturated carbocycles. The smallest absolute Gasteiger partial charge is 0.143 e. The Bertz CT molecular complexity index is 3770. The minimum absolute atomic E-state index is 0.875. The second-order valence-electron chi connectivity index (χ2n) is 15.9. The minimum atomic E-state index is 0.875. The molecule has 13 rings (SSSR count). The van der Waals surface area contributed by atoms with E-state index in [-0.39, 0.29) is 0 Å². The van der Waals surface area contributed by atoms with Gasteiger partial charge in [0.05, 0.1) is 0 Å². The molecule has 2 aromatic heterocycles. The maximum atomic E-state index is 6.94. The largest absolute Gasteiger partial charge is 0.456 e. The average Bonchev–Trinajstić information content (AvgIpc) is 3.88. The van der Waals surface area contributed by atoms with E-state index in [0.717, 1.165) is 60.6 Å². The summed E-state index contributed by atoms with van der Waals surface area (Å²) in [6, 6.07) is 74.4. The zero-order valence-electron chi connectivity index (χ0n) is 32.4. The number of fused-ring (bicyclic) bond motifs is 10. The van der Waals surface area contributed by atoms with Gasteiger partial charge in [-0.3, -0.25) is 0 Å². The van der Waals surface area contributed by atoms with Gasteiger partial charge in [0.25, 0.3) is 0 Å². The molecule has 0 bridgehead atoms. The van der Waals surface area contributed by atoms with Crippen LogP contribution in [0.1, 0.15) is 0 Å². The molecule has 0 amide bonds. The topological polar surface area (TPSA) is 26.3 Å². The lowest BCUT2D eigenvalue weighted by atomic mass is 9.85. The quantitative estimate of drug-likeness (QED) is 0.167. The molecule has 0 aliphatic heterocycles. The first-order valence-electron chi connectivity index (χ1n) is 20.6. The zero-order chi connectivity index (χ0) is 39.3. The first-order chi connectivity index (χ1) is 29.8. The molecule has 2 nitrogen and oxygen atoms in total. The van der Waals surface area contributed by atoms with Crippen LogP contribution in [0, 0.1) is 0 Å². The van der Waals surface area contributed by atoms with Gasteiger partial charge in [-0.2, -0.15) is 0 Å². The summed E-state index contributed by atoms with van der Waals surface area (Å²) in [4.78, 5) is 0. The van der Waals surface area contributed by atoms with Crippen molar-refractivity contribution in [3.8, 4) is 44.5 Å². The first kappa shape index (κ1) is 33.1. The number of rotatable bonds is 4. The molecule has 0 fully saturated rings. The van der Waals surface area contributed by atoms with Crippen molar-refractivity contribution in [3.63, 3.8) is 0 Å². The molecule has 0 atom stereocenters. The van der Waals surface area contributed by atoms with Gasteiger partial charge in [0.2, 0.25) is 0 Å². The van der Waals surface area contributed by atoms with E-state index in [0.29, 0.717) is 0 Å². The highest BCUT2D eigenvalue weighted by molar-refractivity contribution is 6.26. The van der Waals surface area contributed by atoms with Gasteiger partial charge in [-0.1, -0.05) is 176 Å². The van der Waals surface area contributed by atoms with E-state index >= 15 is 0 Å². The predicted octanol–water partition coefficient (Wildman–Crippen LogP) is 16.8. The van der Waals surface area contributed by atoms with Crippen molar-refractivity contribution in [3.05, 3.63) is 206 Å². The molecule has 0 aliphatic carbocycles. The normalized spacial score (nSPS) is 12.0. The number of hydrogen-bond donors (Lipinski definition) is 0. The van der Waals surface area contributed by atoms with Crippen molar-refractivity contribution in [1.82, 2.24) is 0 Å². The van der Waals surface area contributed by atoms with Crippen LogP contribution in [0.25, 0.3) is 131 Å². The predicted molar refractivity (Wildman–Crippen MR) is 253 cm³/mol. The summed E-state index contributed by atoms with van der Waals surface area (Å²) < 4.78 is 13.3. The molecule has 0 radical (unpaired) electrons. The molecule has 2 heteroatoms. The SMILES string of the molecule is c1ccc(-c2c3ccccc3c(-c3cccc4c3oc3ccc(-c5c6ccccc6c(-c6ccc7c(c6)oc6ccccc67)c6ccccc56)cc34)c3ccccc23)cc1. The van der Waals surface area contributed by atoms with Gasteiger partial charge in [0, 0.05) is 32.7 Å². The molecule has 0 spiro atoms. The van der Waals surface area contributed by atoms with Crippen LogP contribution in [0.5, 0.6) is 0 Å². The van der Waals surface area contributed by atoms with Crippen LogP contribution >= 0.6 is 0 Å². The lowest BCUT2D eigenvalue weighted by molar-refractivity contribution is 0.669. The summed E-state index contributed by atoms with van der Waals surface area (Å²) in [6.07, 6.45) is 0. The second kappa shape index (κ2) is 12.8. The summed E-state index contributed by atoms with van der Waals surface area (Å²) in [6.45, 7) is 0. The van der Waals surface area contributed by atoms with Crippen LogP contribution in [0.4, 0.5) is 0 Å².